The van der Waals surface area contributed by atoms with Crippen LogP contribution in [-0.4, -0.2) is 29.7 Å². The van der Waals surface area contributed by atoms with Crippen LogP contribution in [0.5, 0.6) is 0 Å². The Bertz CT molecular complexity index is 889. The zero-order valence-corrected chi connectivity index (χ0v) is 16.3. The summed E-state index contributed by atoms with van der Waals surface area (Å²) in [5.74, 6) is 1.20. The summed E-state index contributed by atoms with van der Waals surface area (Å²) >= 11 is 0. The first-order valence-corrected chi connectivity index (χ1v) is 9.24. The fraction of sp³-hybridized carbons (Fsp3) is 0.273. The summed E-state index contributed by atoms with van der Waals surface area (Å²) < 4.78 is 1.89. The molecule has 140 valence electrons. The molecular weight excluding hydrogens is 334 g/mol. The highest BCUT2D eigenvalue weighted by molar-refractivity contribution is 5.84. The molecule has 0 aliphatic carbocycles. The van der Waals surface area contributed by atoms with Crippen LogP contribution in [0.2, 0.25) is 0 Å². The third kappa shape index (κ3) is 5.20. The molecule has 3 rings (SSSR count). The first-order chi connectivity index (χ1) is 13.0. The van der Waals surface area contributed by atoms with Gasteiger partial charge in [0.1, 0.15) is 5.84 Å². The van der Waals surface area contributed by atoms with Gasteiger partial charge in [0.2, 0.25) is 0 Å². The maximum atomic E-state index is 6.12. The van der Waals surface area contributed by atoms with E-state index in [4.69, 9.17) is 5.73 Å². The van der Waals surface area contributed by atoms with E-state index in [9.17, 15) is 0 Å². The third-order valence-corrected chi connectivity index (χ3v) is 4.50. The largest absolute Gasteiger partial charge is 0.387 e. The first-order valence-electron chi connectivity index (χ1n) is 9.24. The number of rotatable bonds is 7. The Kier molecular flexibility index (Phi) is 5.91. The molecule has 3 aromatic rings. The van der Waals surface area contributed by atoms with E-state index in [0.717, 1.165) is 18.5 Å². The Hall–Kier alpha value is -3.08. The van der Waals surface area contributed by atoms with Crippen LogP contribution in [-0.2, 0) is 19.4 Å². The van der Waals surface area contributed by atoms with Crippen LogP contribution in [0.15, 0.2) is 65.8 Å². The number of hydrogen-bond donors (Lipinski definition) is 1. The van der Waals surface area contributed by atoms with E-state index in [-0.39, 0.29) is 0 Å². The fourth-order valence-corrected chi connectivity index (χ4v) is 2.87. The van der Waals surface area contributed by atoms with Gasteiger partial charge in [-0.3, -0.25) is 4.68 Å². The van der Waals surface area contributed by atoms with Crippen molar-refractivity contribution in [1.29, 1.82) is 0 Å². The van der Waals surface area contributed by atoms with Gasteiger partial charge in [0.05, 0.1) is 6.54 Å². The topological polar surface area (TPSA) is 59.4 Å². The van der Waals surface area contributed by atoms with E-state index in [1.54, 1.807) is 0 Å². The Labute approximate surface area is 161 Å². The average molecular weight is 361 g/mol. The molecule has 2 aromatic carbocycles. The second-order valence-electron chi connectivity index (χ2n) is 6.88. The van der Waals surface area contributed by atoms with Crippen LogP contribution in [0, 0.1) is 0 Å². The molecule has 0 bridgehead atoms. The number of aliphatic imine (C=N–C) groups is 1. The lowest BCUT2D eigenvalue weighted by Crippen LogP contribution is -2.15. The minimum Gasteiger partial charge on any atom is -0.387 e. The van der Waals surface area contributed by atoms with Gasteiger partial charge in [-0.05, 0) is 35.2 Å². The lowest BCUT2D eigenvalue weighted by molar-refractivity contribution is 0.688. The van der Waals surface area contributed by atoms with E-state index in [2.05, 4.69) is 70.4 Å². The predicted molar refractivity (Wildman–Crippen MR) is 113 cm³/mol. The molecule has 5 heteroatoms. The molecule has 0 saturated carbocycles. The summed E-state index contributed by atoms with van der Waals surface area (Å²) in [6, 6.07) is 18.8. The molecule has 0 aliphatic heterocycles. The van der Waals surface area contributed by atoms with Crippen molar-refractivity contribution < 1.29 is 0 Å². The van der Waals surface area contributed by atoms with E-state index in [1.807, 2.05) is 31.0 Å². The molecule has 0 amide bonds. The van der Waals surface area contributed by atoms with Gasteiger partial charge < -0.3 is 10.6 Å². The van der Waals surface area contributed by atoms with Crippen molar-refractivity contribution in [3.8, 4) is 0 Å². The van der Waals surface area contributed by atoms with E-state index < -0.39 is 0 Å². The van der Waals surface area contributed by atoms with Crippen LogP contribution < -0.4 is 10.6 Å². The fourth-order valence-electron chi connectivity index (χ4n) is 2.87. The van der Waals surface area contributed by atoms with E-state index in [0.29, 0.717) is 18.1 Å². The zero-order valence-electron chi connectivity index (χ0n) is 16.3. The van der Waals surface area contributed by atoms with Gasteiger partial charge in [-0.1, -0.05) is 43.3 Å². The quantitative estimate of drug-likeness (QED) is 0.514. The molecule has 5 nitrogen and oxygen atoms in total. The van der Waals surface area contributed by atoms with Gasteiger partial charge in [0, 0.05) is 38.5 Å². The van der Waals surface area contributed by atoms with Gasteiger partial charge in [-0.25, -0.2) is 4.99 Å². The molecule has 27 heavy (non-hydrogen) atoms. The smallest absolute Gasteiger partial charge is 0.175 e. The van der Waals surface area contributed by atoms with Crippen molar-refractivity contribution in [2.24, 2.45) is 10.7 Å². The summed E-state index contributed by atoms with van der Waals surface area (Å²) in [5.41, 5.74) is 11.0. The minimum atomic E-state index is 0.560. The Balaban J connectivity index is 1.62. The van der Waals surface area contributed by atoms with Gasteiger partial charge in [0.15, 0.2) is 5.82 Å². The maximum Gasteiger partial charge on any atom is 0.175 e. The van der Waals surface area contributed by atoms with E-state index >= 15 is 0 Å². The van der Waals surface area contributed by atoms with Crippen molar-refractivity contribution in [3.05, 3.63) is 77.5 Å². The minimum absolute atomic E-state index is 0.560. The van der Waals surface area contributed by atoms with Crippen LogP contribution in [0.25, 0.3) is 0 Å². The molecule has 2 N–H and O–H groups in total. The molecule has 1 aromatic heterocycles. The molecule has 0 atom stereocenters. The van der Waals surface area contributed by atoms with Gasteiger partial charge in [-0.2, -0.15) is 5.10 Å². The monoisotopic (exact) mass is 361 g/mol. The Morgan fingerprint density at radius 3 is 2.22 bits per heavy atom. The molecule has 0 saturated heterocycles. The summed E-state index contributed by atoms with van der Waals surface area (Å²) in [6.07, 6.45) is 3.60. The van der Waals surface area contributed by atoms with Gasteiger partial charge >= 0.3 is 0 Å². The number of nitrogens with two attached hydrogens (primary N) is 1. The number of benzene rings is 2. The predicted octanol–water partition coefficient (Wildman–Crippen LogP) is 3.79. The van der Waals surface area contributed by atoms with Crippen molar-refractivity contribution in [3.63, 3.8) is 0 Å². The average Bonchev–Trinajstić information content (AvgIpc) is 3.09. The summed E-state index contributed by atoms with van der Waals surface area (Å²) in [7, 11) is 4.05. The molecule has 0 unspecified atom stereocenters. The summed E-state index contributed by atoms with van der Waals surface area (Å²) in [5, 5.41) is 4.51. The lowest BCUT2D eigenvalue weighted by atomic mass is 10.1. The number of aromatic nitrogens is 2. The third-order valence-electron chi connectivity index (χ3n) is 4.50. The zero-order chi connectivity index (χ0) is 19.2. The van der Waals surface area contributed by atoms with Gasteiger partial charge in [-0.15, -0.1) is 0 Å². The van der Waals surface area contributed by atoms with Gasteiger partial charge in [0.25, 0.3) is 0 Å². The summed E-state index contributed by atoms with van der Waals surface area (Å²) in [6.45, 7) is 2.89. The highest BCUT2D eigenvalue weighted by Gasteiger charge is 2.03. The van der Waals surface area contributed by atoms with Crippen molar-refractivity contribution in [2.45, 2.75) is 26.3 Å². The standard InChI is InChI=1S/C22H27N5/c1-4-17-5-7-19(8-6-17)16-27-14-13-22(25-27)24-21(23)15-18-9-11-20(12-10-18)26(2)3/h5-14H,4,15-16H2,1-3H3,(H2,23,24,25). The normalized spacial score (nSPS) is 11.6. The molecule has 1 heterocycles. The number of aryl methyl sites for hydroxylation is 1. The highest BCUT2D eigenvalue weighted by Crippen LogP contribution is 2.14. The Morgan fingerprint density at radius 2 is 1.59 bits per heavy atom. The molecule has 0 spiro atoms. The second-order valence-corrected chi connectivity index (χ2v) is 6.88. The lowest BCUT2D eigenvalue weighted by Gasteiger charge is -2.12. The number of hydrogen-bond acceptors (Lipinski definition) is 3. The molecular formula is C22H27N5. The van der Waals surface area contributed by atoms with Crippen molar-refractivity contribution in [1.82, 2.24) is 9.78 Å². The van der Waals surface area contributed by atoms with Crippen LogP contribution >= 0.6 is 0 Å². The Morgan fingerprint density at radius 1 is 0.963 bits per heavy atom. The SMILES string of the molecule is CCc1ccc(Cn2ccc(N=C(N)Cc3ccc(N(C)C)cc3)n2)cc1. The maximum absolute atomic E-state index is 6.12. The second kappa shape index (κ2) is 8.54. The molecule has 0 aliphatic rings. The molecule has 0 fully saturated rings. The van der Waals surface area contributed by atoms with Crippen molar-refractivity contribution >= 4 is 17.3 Å². The molecule has 0 radical (unpaired) electrons. The van der Waals surface area contributed by atoms with Crippen LogP contribution in [0.3, 0.4) is 0 Å². The van der Waals surface area contributed by atoms with Crippen LogP contribution in [0.1, 0.15) is 23.6 Å². The first kappa shape index (κ1) is 18.7. The number of nitrogens with zero attached hydrogens (tertiary/aromatic N) is 4. The van der Waals surface area contributed by atoms with Crippen molar-refractivity contribution in [2.75, 3.05) is 19.0 Å². The van der Waals surface area contributed by atoms with E-state index in [1.165, 1.54) is 16.8 Å². The number of anilines is 1. The number of amidine groups is 1. The van der Waals surface area contributed by atoms with Crippen LogP contribution in [0.4, 0.5) is 11.5 Å². The summed E-state index contributed by atoms with van der Waals surface area (Å²) in [4.78, 5) is 6.53. The highest BCUT2D eigenvalue weighted by atomic mass is 15.3.